The Labute approximate surface area is 108 Å². The summed E-state index contributed by atoms with van der Waals surface area (Å²) in [6.45, 7) is 7.73. The van der Waals surface area contributed by atoms with Crippen molar-refractivity contribution in [2.24, 2.45) is 11.8 Å². The second kappa shape index (κ2) is 5.26. The van der Waals surface area contributed by atoms with Gasteiger partial charge in [0.25, 0.3) is 0 Å². The summed E-state index contributed by atoms with van der Waals surface area (Å²) < 4.78 is 5.72. The predicted molar refractivity (Wildman–Crippen MR) is 66.9 cm³/mol. The summed E-state index contributed by atoms with van der Waals surface area (Å²) in [5, 5.41) is 2.79. The molecular formula is C13H22N2O3. The minimum Gasteiger partial charge on any atom is -0.374 e. The van der Waals surface area contributed by atoms with Crippen molar-refractivity contribution >= 4 is 11.8 Å². The van der Waals surface area contributed by atoms with Crippen molar-refractivity contribution in [1.82, 2.24) is 10.2 Å². The lowest BCUT2D eigenvalue weighted by atomic mass is 9.88. The van der Waals surface area contributed by atoms with Crippen molar-refractivity contribution in [3.63, 3.8) is 0 Å². The second-order valence-corrected chi connectivity index (χ2v) is 5.36. The molecule has 0 aliphatic carbocycles. The molecule has 102 valence electrons. The van der Waals surface area contributed by atoms with Crippen molar-refractivity contribution in [3.8, 4) is 0 Å². The summed E-state index contributed by atoms with van der Waals surface area (Å²) in [6, 6.07) is 0. The number of carbonyl (C=O) groups is 2. The van der Waals surface area contributed by atoms with Gasteiger partial charge in [-0.2, -0.15) is 0 Å². The molecule has 0 radical (unpaired) electrons. The molecule has 2 saturated heterocycles. The van der Waals surface area contributed by atoms with E-state index in [1.54, 1.807) is 4.90 Å². The van der Waals surface area contributed by atoms with Crippen LogP contribution in [-0.2, 0) is 14.3 Å². The van der Waals surface area contributed by atoms with Gasteiger partial charge in [-0.05, 0) is 19.8 Å². The van der Waals surface area contributed by atoms with E-state index in [0.717, 1.165) is 0 Å². The molecule has 2 aliphatic rings. The largest absolute Gasteiger partial charge is 0.374 e. The maximum absolute atomic E-state index is 12.5. The minimum atomic E-state index is -0.0757. The average Bonchev–Trinajstić information content (AvgIpc) is 2.51. The van der Waals surface area contributed by atoms with Crippen LogP contribution < -0.4 is 5.32 Å². The van der Waals surface area contributed by atoms with Crippen LogP contribution in [0, 0.1) is 11.8 Å². The van der Waals surface area contributed by atoms with Crippen LogP contribution in [0.25, 0.3) is 0 Å². The van der Waals surface area contributed by atoms with Gasteiger partial charge in [0.2, 0.25) is 11.8 Å². The Kier molecular flexibility index (Phi) is 3.90. The highest BCUT2D eigenvalue weighted by Crippen LogP contribution is 2.33. The molecule has 0 spiro atoms. The molecule has 0 bridgehead atoms. The predicted octanol–water partition coefficient (Wildman–Crippen LogP) is 0.394. The SMILES string of the molecule is CC1OC(C)C(C(=O)N2CCNC(=O)CC2)C1C. The Hall–Kier alpha value is -1.10. The van der Waals surface area contributed by atoms with E-state index in [1.807, 2.05) is 13.8 Å². The van der Waals surface area contributed by atoms with E-state index >= 15 is 0 Å². The molecular weight excluding hydrogens is 232 g/mol. The average molecular weight is 254 g/mol. The monoisotopic (exact) mass is 254 g/mol. The molecule has 2 heterocycles. The van der Waals surface area contributed by atoms with Gasteiger partial charge in [0.05, 0.1) is 18.1 Å². The van der Waals surface area contributed by atoms with Crippen LogP contribution in [0.15, 0.2) is 0 Å². The van der Waals surface area contributed by atoms with E-state index in [1.165, 1.54) is 0 Å². The van der Waals surface area contributed by atoms with Gasteiger partial charge < -0.3 is 15.0 Å². The Morgan fingerprint density at radius 1 is 1.28 bits per heavy atom. The van der Waals surface area contributed by atoms with Gasteiger partial charge in [0.15, 0.2) is 0 Å². The van der Waals surface area contributed by atoms with Gasteiger partial charge >= 0.3 is 0 Å². The van der Waals surface area contributed by atoms with Crippen LogP contribution in [0.3, 0.4) is 0 Å². The quantitative estimate of drug-likeness (QED) is 0.736. The number of amides is 2. The van der Waals surface area contributed by atoms with Crippen molar-refractivity contribution in [2.75, 3.05) is 19.6 Å². The molecule has 18 heavy (non-hydrogen) atoms. The Bertz CT molecular complexity index is 345. The van der Waals surface area contributed by atoms with E-state index in [-0.39, 0.29) is 35.9 Å². The summed E-state index contributed by atoms with van der Waals surface area (Å²) in [6.07, 6.45) is 0.493. The third-order valence-electron chi connectivity index (χ3n) is 4.15. The fraction of sp³-hybridized carbons (Fsp3) is 0.846. The van der Waals surface area contributed by atoms with Gasteiger partial charge in [-0.15, -0.1) is 0 Å². The van der Waals surface area contributed by atoms with Crippen molar-refractivity contribution < 1.29 is 14.3 Å². The number of rotatable bonds is 1. The molecule has 5 heteroatoms. The number of nitrogens with zero attached hydrogens (tertiary/aromatic N) is 1. The number of carbonyl (C=O) groups excluding carboxylic acids is 2. The maximum atomic E-state index is 12.5. The number of ether oxygens (including phenoxy) is 1. The highest BCUT2D eigenvalue weighted by atomic mass is 16.5. The van der Waals surface area contributed by atoms with Gasteiger partial charge in [-0.25, -0.2) is 0 Å². The smallest absolute Gasteiger partial charge is 0.228 e. The molecule has 2 aliphatic heterocycles. The molecule has 2 fully saturated rings. The van der Waals surface area contributed by atoms with Crippen LogP contribution in [-0.4, -0.2) is 48.6 Å². The topological polar surface area (TPSA) is 58.6 Å². The molecule has 0 aromatic carbocycles. The van der Waals surface area contributed by atoms with E-state index < -0.39 is 0 Å². The lowest BCUT2D eigenvalue weighted by Gasteiger charge is -2.26. The van der Waals surface area contributed by atoms with Crippen molar-refractivity contribution in [2.45, 2.75) is 39.4 Å². The first-order chi connectivity index (χ1) is 8.50. The minimum absolute atomic E-state index is 0.0300. The highest BCUT2D eigenvalue weighted by molar-refractivity contribution is 5.82. The van der Waals surface area contributed by atoms with Crippen molar-refractivity contribution in [1.29, 1.82) is 0 Å². The van der Waals surface area contributed by atoms with E-state index in [0.29, 0.717) is 26.1 Å². The van der Waals surface area contributed by atoms with Gasteiger partial charge in [-0.3, -0.25) is 9.59 Å². The molecule has 5 nitrogen and oxygen atoms in total. The summed E-state index contributed by atoms with van der Waals surface area (Å²) in [5.41, 5.74) is 0. The standard InChI is InChI=1S/C13H22N2O3/c1-8-9(2)18-10(3)12(8)13(17)15-6-4-11(16)14-5-7-15/h8-10,12H,4-7H2,1-3H3,(H,14,16). The summed E-state index contributed by atoms with van der Waals surface area (Å²) in [5.74, 6) is 0.325. The molecule has 4 atom stereocenters. The van der Waals surface area contributed by atoms with E-state index in [9.17, 15) is 9.59 Å². The zero-order valence-corrected chi connectivity index (χ0v) is 11.3. The lowest BCUT2D eigenvalue weighted by molar-refractivity contribution is -0.137. The van der Waals surface area contributed by atoms with Crippen LogP contribution in [0.2, 0.25) is 0 Å². The normalized spacial score (nSPS) is 37.3. The van der Waals surface area contributed by atoms with Crippen LogP contribution >= 0.6 is 0 Å². The fourth-order valence-electron chi connectivity index (χ4n) is 2.89. The number of hydrogen-bond donors (Lipinski definition) is 1. The zero-order chi connectivity index (χ0) is 13.3. The number of nitrogens with one attached hydrogen (secondary N) is 1. The summed E-state index contributed by atoms with van der Waals surface area (Å²) in [4.78, 5) is 25.6. The first-order valence-electron chi connectivity index (χ1n) is 6.71. The Morgan fingerprint density at radius 2 is 2.00 bits per heavy atom. The molecule has 2 amide bonds. The highest BCUT2D eigenvalue weighted by Gasteiger charge is 2.43. The molecule has 0 saturated carbocycles. The first kappa shape index (κ1) is 13.3. The van der Waals surface area contributed by atoms with Crippen LogP contribution in [0.5, 0.6) is 0 Å². The maximum Gasteiger partial charge on any atom is 0.228 e. The van der Waals surface area contributed by atoms with Crippen LogP contribution in [0.4, 0.5) is 0 Å². The molecule has 0 aromatic heterocycles. The van der Waals surface area contributed by atoms with E-state index in [2.05, 4.69) is 12.2 Å². The van der Waals surface area contributed by atoms with Gasteiger partial charge in [0.1, 0.15) is 0 Å². The van der Waals surface area contributed by atoms with Crippen LogP contribution in [0.1, 0.15) is 27.2 Å². The summed E-state index contributed by atoms with van der Waals surface area (Å²) >= 11 is 0. The molecule has 0 aromatic rings. The lowest BCUT2D eigenvalue weighted by Crippen LogP contribution is -2.42. The number of hydrogen-bond acceptors (Lipinski definition) is 3. The fourth-order valence-corrected chi connectivity index (χ4v) is 2.89. The summed E-state index contributed by atoms with van der Waals surface area (Å²) in [7, 11) is 0. The zero-order valence-electron chi connectivity index (χ0n) is 11.3. The molecule has 1 N–H and O–H groups in total. The molecule has 4 unspecified atom stereocenters. The first-order valence-corrected chi connectivity index (χ1v) is 6.71. The van der Waals surface area contributed by atoms with Crippen molar-refractivity contribution in [3.05, 3.63) is 0 Å². The Balaban J connectivity index is 2.04. The third-order valence-corrected chi connectivity index (χ3v) is 4.15. The third kappa shape index (κ3) is 2.51. The second-order valence-electron chi connectivity index (χ2n) is 5.36. The van der Waals surface area contributed by atoms with E-state index in [4.69, 9.17) is 4.74 Å². The molecule has 2 rings (SSSR count). The Morgan fingerprint density at radius 3 is 2.61 bits per heavy atom. The van der Waals surface area contributed by atoms with Gasteiger partial charge in [0, 0.05) is 26.1 Å². The van der Waals surface area contributed by atoms with Gasteiger partial charge in [-0.1, -0.05) is 6.92 Å².